The molecular formula is C20H20BrClN2O. The molecule has 25 heavy (non-hydrogen) atoms. The Morgan fingerprint density at radius 1 is 1.12 bits per heavy atom. The molecule has 0 unspecified atom stereocenters. The summed E-state index contributed by atoms with van der Waals surface area (Å²) < 4.78 is 1.04. The fourth-order valence-corrected chi connectivity index (χ4v) is 3.54. The largest absolute Gasteiger partial charge is 0.361 e. The fourth-order valence-electron chi connectivity index (χ4n) is 3.15. The monoisotopic (exact) mass is 418 g/mol. The Bertz CT molecular complexity index is 773. The van der Waals surface area contributed by atoms with Gasteiger partial charge >= 0.3 is 0 Å². The summed E-state index contributed by atoms with van der Waals surface area (Å²) >= 11 is 9.52. The van der Waals surface area contributed by atoms with Crippen LogP contribution in [0.15, 0.2) is 65.2 Å². The van der Waals surface area contributed by atoms with E-state index in [1.54, 1.807) is 6.92 Å². The van der Waals surface area contributed by atoms with Crippen molar-refractivity contribution in [2.24, 2.45) is 0 Å². The highest BCUT2D eigenvalue weighted by Gasteiger charge is 2.31. The Labute approximate surface area is 162 Å². The molecule has 0 aliphatic carbocycles. The molecule has 0 aromatic heterocycles. The molecule has 0 radical (unpaired) electrons. The van der Waals surface area contributed by atoms with Crippen LogP contribution in [0.4, 0.5) is 5.69 Å². The maximum Gasteiger partial charge on any atom is 0.249 e. The van der Waals surface area contributed by atoms with Gasteiger partial charge in [0, 0.05) is 40.4 Å². The average Bonchev–Trinajstić information content (AvgIpc) is 2.62. The molecule has 1 saturated heterocycles. The predicted octanol–water partition coefficient (Wildman–Crippen LogP) is 5.07. The van der Waals surface area contributed by atoms with E-state index in [1.807, 2.05) is 41.3 Å². The van der Waals surface area contributed by atoms with Crippen molar-refractivity contribution in [3.8, 4) is 0 Å². The van der Waals surface area contributed by atoms with Crippen LogP contribution >= 0.6 is 27.5 Å². The Kier molecular flexibility index (Phi) is 5.50. The van der Waals surface area contributed by atoms with E-state index in [-0.39, 0.29) is 11.9 Å². The van der Waals surface area contributed by atoms with Crippen LogP contribution in [0, 0.1) is 0 Å². The van der Waals surface area contributed by atoms with Crippen molar-refractivity contribution in [2.45, 2.75) is 13.0 Å². The van der Waals surface area contributed by atoms with Gasteiger partial charge in [-0.15, -0.1) is 0 Å². The van der Waals surface area contributed by atoms with Gasteiger partial charge in [0.1, 0.15) is 0 Å². The lowest BCUT2D eigenvalue weighted by Crippen LogP contribution is -2.50. The van der Waals surface area contributed by atoms with Crippen LogP contribution in [0.25, 0.3) is 0 Å². The first-order chi connectivity index (χ1) is 12.0. The number of nitrogens with zero attached hydrogens (tertiary/aromatic N) is 2. The topological polar surface area (TPSA) is 23.6 Å². The third kappa shape index (κ3) is 4.07. The molecule has 0 N–H and O–H groups in total. The van der Waals surface area contributed by atoms with Gasteiger partial charge in [0.2, 0.25) is 5.91 Å². The highest BCUT2D eigenvalue weighted by Crippen LogP contribution is 2.32. The van der Waals surface area contributed by atoms with E-state index in [1.165, 1.54) is 5.56 Å². The van der Waals surface area contributed by atoms with Gasteiger partial charge in [0.15, 0.2) is 0 Å². The number of anilines is 1. The van der Waals surface area contributed by atoms with Crippen LogP contribution in [0.3, 0.4) is 0 Å². The van der Waals surface area contributed by atoms with E-state index in [0.29, 0.717) is 18.7 Å². The van der Waals surface area contributed by atoms with Gasteiger partial charge in [-0.3, -0.25) is 4.79 Å². The number of carbonyl (C=O) groups excluding carboxylic acids is 1. The molecule has 2 aromatic rings. The lowest BCUT2D eigenvalue weighted by molar-refractivity contribution is -0.127. The number of rotatable bonds is 3. The van der Waals surface area contributed by atoms with Crippen molar-refractivity contribution in [2.75, 3.05) is 24.5 Å². The molecule has 1 fully saturated rings. The van der Waals surface area contributed by atoms with Gasteiger partial charge in [0.25, 0.3) is 0 Å². The van der Waals surface area contributed by atoms with Crippen molar-refractivity contribution in [1.82, 2.24) is 4.90 Å². The number of amides is 1. The Balaban J connectivity index is 1.93. The number of hydrogen-bond donors (Lipinski definition) is 0. The summed E-state index contributed by atoms with van der Waals surface area (Å²) in [6, 6.07) is 16.2. The zero-order valence-electron chi connectivity index (χ0n) is 14.1. The number of piperazine rings is 1. The molecule has 0 spiro atoms. The quantitative estimate of drug-likeness (QED) is 0.649. The van der Waals surface area contributed by atoms with Crippen molar-refractivity contribution in [3.05, 3.63) is 75.7 Å². The van der Waals surface area contributed by atoms with Crippen LogP contribution in [0.5, 0.6) is 0 Å². The van der Waals surface area contributed by atoms with Crippen LogP contribution in [-0.2, 0) is 4.79 Å². The molecule has 1 aliphatic rings. The van der Waals surface area contributed by atoms with Crippen molar-refractivity contribution in [1.29, 1.82) is 0 Å². The Morgan fingerprint density at radius 2 is 1.76 bits per heavy atom. The molecule has 0 bridgehead atoms. The van der Waals surface area contributed by atoms with E-state index < -0.39 is 0 Å². The van der Waals surface area contributed by atoms with Crippen molar-refractivity contribution < 1.29 is 4.79 Å². The first-order valence-corrected chi connectivity index (χ1v) is 9.35. The molecule has 3 nitrogen and oxygen atoms in total. The number of carbonyl (C=O) groups is 1. The SMILES string of the molecule is C=C(C)C(=O)N1CCN(c2ccc(Cl)cc2)[C@H](c2ccc(Br)cc2)C1. The minimum atomic E-state index is 0.0258. The minimum absolute atomic E-state index is 0.0258. The van der Waals surface area contributed by atoms with Gasteiger partial charge in [-0.2, -0.15) is 0 Å². The molecule has 2 aromatic carbocycles. The Hall–Kier alpha value is -1.78. The zero-order valence-corrected chi connectivity index (χ0v) is 16.4. The fraction of sp³-hybridized carbons (Fsp3) is 0.250. The van der Waals surface area contributed by atoms with Gasteiger partial charge in [0.05, 0.1) is 6.04 Å². The molecule has 0 saturated carbocycles. The summed E-state index contributed by atoms with van der Waals surface area (Å²) in [6.45, 7) is 7.65. The molecule has 1 heterocycles. The predicted molar refractivity (Wildman–Crippen MR) is 107 cm³/mol. The van der Waals surface area contributed by atoms with E-state index in [4.69, 9.17) is 11.6 Å². The lowest BCUT2D eigenvalue weighted by Gasteiger charge is -2.43. The van der Waals surface area contributed by atoms with E-state index >= 15 is 0 Å². The summed E-state index contributed by atoms with van der Waals surface area (Å²) in [5.74, 6) is 0.0258. The summed E-state index contributed by atoms with van der Waals surface area (Å²) in [7, 11) is 0. The van der Waals surface area contributed by atoms with Crippen LogP contribution in [0.2, 0.25) is 5.02 Å². The second kappa shape index (κ2) is 7.63. The van der Waals surface area contributed by atoms with Crippen LogP contribution in [-0.4, -0.2) is 30.4 Å². The molecule has 1 aliphatic heterocycles. The standard InChI is InChI=1S/C20H20BrClN2O/c1-14(2)20(25)23-11-12-24(18-9-7-17(22)8-10-18)19(13-23)15-3-5-16(21)6-4-15/h3-10,19H,1,11-13H2,2H3/t19-/m0/s1. The highest BCUT2D eigenvalue weighted by molar-refractivity contribution is 9.10. The third-order valence-corrected chi connectivity index (χ3v) is 5.23. The molecule has 1 atom stereocenters. The third-order valence-electron chi connectivity index (χ3n) is 4.45. The first-order valence-electron chi connectivity index (χ1n) is 8.18. The van der Waals surface area contributed by atoms with Gasteiger partial charge < -0.3 is 9.80 Å². The smallest absolute Gasteiger partial charge is 0.249 e. The Morgan fingerprint density at radius 3 is 2.36 bits per heavy atom. The minimum Gasteiger partial charge on any atom is -0.361 e. The van der Waals surface area contributed by atoms with E-state index in [2.05, 4.69) is 39.5 Å². The average molecular weight is 420 g/mol. The van der Waals surface area contributed by atoms with Gasteiger partial charge in [-0.25, -0.2) is 0 Å². The molecular weight excluding hydrogens is 400 g/mol. The maximum absolute atomic E-state index is 12.4. The summed E-state index contributed by atoms with van der Waals surface area (Å²) in [4.78, 5) is 16.6. The van der Waals surface area contributed by atoms with E-state index in [0.717, 1.165) is 21.7 Å². The molecule has 1 amide bonds. The summed E-state index contributed by atoms with van der Waals surface area (Å²) in [5.41, 5.74) is 2.87. The van der Waals surface area contributed by atoms with Crippen LogP contribution in [0.1, 0.15) is 18.5 Å². The lowest BCUT2D eigenvalue weighted by atomic mass is 10.0. The number of benzene rings is 2. The van der Waals surface area contributed by atoms with Crippen molar-refractivity contribution >= 4 is 39.1 Å². The molecule has 130 valence electrons. The van der Waals surface area contributed by atoms with Crippen molar-refractivity contribution in [3.63, 3.8) is 0 Å². The highest BCUT2D eigenvalue weighted by atomic mass is 79.9. The number of hydrogen-bond acceptors (Lipinski definition) is 2. The number of halogens is 2. The second-order valence-electron chi connectivity index (χ2n) is 6.27. The van der Waals surface area contributed by atoms with Crippen LogP contribution < -0.4 is 4.90 Å². The zero-order chi connectivity index (χ0) is 18.0. The summed E-state index contributed by atoms with van der Waals surface area (Å²) in [6.07, 6.45) is 0. The van der Waals surface area contributed by atoms with Gasteiger partial charge in [-0.05, 0) is 48.9 Å². The maximum atomic E-state index is 12.4. The first kappa shape index (κ1) is 18.0. The molecule has 5 heteroatoms. The normalized spacial score (nSPS) is 17.5. The van der Waals surface area contributed by atoms with E-state index in [9.17, 15) is 4.79 Å². The van der Waals surface area contributed by atoms with Gasteiger partial charge in [-0.1, -0.05) is 46.2 Å². The molecule has 3 rings (SSSR count). The second-order valence-corrected chi connectivity index (χ2v) is 7.62. The summed E-state index contributed by atoms with van der Waals surface area (Å²) in [5, 5.41) is 0.722.